The molecule has 0 saturated heterocycles. The van der Waals surface area contributed by atoms with E-state index in [-0.39, 0.29) is 17.7 Å². The van der Waals surface area contributed by atoms with Crippen LogP contribution in [-0.2, 0) is 9.53 Å². The molecule has 13 nitrogen and oxygen atoms in total. The number of rotatable bonds is 3. The summed E-state index contributed by atoms with van der Waals surface area (Å²) in [4.78, 5) is 58.4. The second-order valence-electron chi connectivity index (χ2n) is 4.60. The van der Waals surface area contributed by atoms with Gasteiger partial charge < -0.3 is 16.2 Å². The minimum atomic E-state index is -0.802. The van der Waals surface area contributed by atoms with Crippen molar-refractivity contribution in [2.24, 2.45) is 0 Å². The molecule has 2 heterocycles. The Morgan fingerprint density at radius 1 is 1.00 bits per heavy atom. The van der Waals surface area contributed by atoms with Gasteiger partial charge in [0.2, 0.25) is 11.9 Å². The highest BCUT2D eigenvalue weighted by Gasteiger charge is 2.16. The summed E-state index contributed by atoms with van der Waals surface area (Å²) in [7, 11) is 0. The molecule has 0 bridgehead atoms. The number of nitrogens with zero attached hydrogens (tertiary/aromatic N) is 3. The highest BCUT2D eigenvalue weighted by molar-refractivity contribution is 5.87. The summed E-state index contributed by atoms with van der Waals surface area (Å²) in [6.07, 6.45) is -0.656. The number of carbonyl (C=O) groups excluding carboxylic acids is 1. The lowest BCUT2D eigenvalue weighted by molar-refractivity contribution is -0.144. The Balaban J connectivity index is 0.000000293. The lowest BCUT2D eigenvalue weighted by Gasteiger charge is -2.12. The van der Waals surface area contributed by atoms with E-state index in [9.17, 15) is 19.2 Å². The Bertz CT molecular complexity index is 845. The normalized spacial score (nSPS) is 11.0. The summed E-state index contributed by atoms with van der Waals surface area (Å²) in [6.45, 7) is 6.61. The fourth-order valence-corrected chi connectivity index (χ4v) is 1.33. The second-order valence-corrected chi connectivity index (χ2v) is 4.60. The van der Waals surface area contributed by atoms with Crippen molar-refractivity contribution in [3.8, 4) is 0 Å². The van der Waals surface area contributed by atoms with Gasteiger partial charge >= 0.3 is 23.0 Å². The fraction of sp³-hybridized carbons (Fsp3) is 0.250. The number of hydrogen-bond acceptors (Lipinski definition) is 10. The van der Waals surface area contributed by atoms with Crippen molar-refractivity contribution < 1.29 is 9.53 Å². The van der Waals surface area contributed by atoms with Crippen molar-refractivity contribution in [2.75, 3.05) is 11.5 Å². The molecule has 0 amide bonds. The smallest absolute Gasteiger partial charge is 0.333 e. The van der Waals surface area contributed by atoms with Gasteiger partial charge in [-0.05, 0) is 13.8 Å². The van der Waals surface area contributed by atoms with Gasteiger partial charge in [0, 0.05) is 5.57 Å². The molecule has 0 spiro atoms. The molecule has 25 heavy (non-hydrogen) atoms. The fourth-order valence-electron chi connectivity index (χ4n) is 1.33. The van der Waals surface area contributed by atoms with Crippen LogP contribution in [0.4, 0.5) is 11.9 Å². The molecule has 2 aromatic rings. The van der Waals surface area contributed by atoms with Crippen LogP contribution in [0.2, 0.25) is 0 Å². The Hall–Kier alpha value is -3.77. The summed E-state index contributed by atoms with van der Waals surface area (Å²) in [6, 6.07) is 0. The first-order valence-electron chi connectivity index (χ1n) is 6.64. The zero-order chi connectivity index (χ0) is 19.1. The minimum absolute atomic E-state index is 0.0132. The maximum absolute atomic E-state index is 11.2. The number of anilines is 2. The van der Waals surface area contributed by atoms with Crippen LogP contribution in [-0.4, -0.2) is 35.9 Å². The molecule has 0 radical (unpaired) electrons. The number of nitrogens with one attached hydrogen (secondary N) is 3. The first-order valence-corrected chi connectivity index (χ1v) is 6.64. The number of aromatic amines is 3. The van der Waals surface area contributed by atoms with Crippen LogP contribution in [0.3, 0.4) is 0 Å². The largest absolute Gasteiger partial charge is 0.451 e. The lowest BCUT2D eigenvalue weighted by atomic mass is 10.3. The third-order valence-electron chi connectivity index (χ3n) is 2.36. The van der Waals surface area contributed by atoms with E-state index in [1.807, 2.05) is 0 Å². The predicted molar refractivity (Wildman–Crippen MR) is 86.3 cm³/mol. The van der Waals surface area contributed by atoms with Crippen molar-refractivity contribution in [3.05, 3.63) is 49.4 Å². The number of nitrogens with two attached hydrogens (primary N) is 2. The molecular formula is C12H16N8O5. The van der Waals surface area contributed by atoms with E-state index in [0.29, 0.717) is 5.57 Å². The number of H-pyrrole nitrogens is 3. The molecule has 0 saturated carbocycles. The van der Waals surface area contributed by atoms with Crippen molar-refractivity contribution >= 4 is 17.9 Å². The van der Waals surface area contributed by atoms with E-state index < -0.39 is 29.1 Å². The summed E-state index contributed by atoms with van der Waals surface area (Å²) in [5, 5.41) is 0. The van der Waals surface area contributed by atoms with E-state index in [1.54, 1.807) is 28.8 Å². The molecule has 1 unspecified atom stereocenters. The molecule has 0 aromatic carbocycles. The van der Waals surface area contributed by atoms with Gasteiger partial charge in [-0.15, -0.1) is 0 Å². The number of nitrogen functional groups attached to an aromatic ring is 2. The quantitative estimate of drug-likeness (QED) is 0.301. The highest BCUT2D eigenvalue weighted by atomic mass is 16.5. The summed E-state index contributed by atoms with van der Waals surface area (Å²) < 4.78 is 5.01. The molecule has 13 heteroatoms. The van der Waals surface area contributed by atoms with Crippen LogP contribution >= 0.6 is 0 Å². The monoisotopic (exact) mass is 352 g/mol. The summed E-state index contributed by atoms with van der Waals surface area (Å²) in [5.41, 5.74) is 8.66. The van der Waals surface area contributed by atoms with E-state index in [4.69, 9.17) is 16.2 Å². The zero-order valence-corrected chi connectivity index (χ0v) is 13.3. The highest BCUT2D eigenvalue weighted by Crippen LogP contribution is 2.15. The second kappa shape index (κ2) is 8.19. The minimum Gasteiger partial charge on any atom is -0.451 e. The van der Waals surface area contributed by atoms with Gasteiger partial charge in [0.05, 0.1) is 0 Å². The zero-order valence-electron chi connectivity index (χ0n) is 13.3. The molecule has 0 fully saturated rings. The molecular weight excluding hydrogens is 336 g/mol. The Morgan fingerprint density at radius 3 is 1.76 bits per heavy atom. The average Bonchev–Trinajstić information content (AvgIpc) is 2.45. The van der Waals surface area contributed by atoms with Gasteiger partial charge in [0.25, 0.3) is 0 Å². The van der Waals surface area contributed by atoms with E-state index in [1.165, 1.54) is 0 Å². The number of esters is 1. The number of hydrogen-bond donors (Lipinski definition) is 5. The molecule has 0 aliphatic carbocycles. The number of aromatic nitrogens is 6. The van der Waals surface area contributed by atoms with Crippen LogP contribution in [0.25, 0.3) is 0 Å². The summed E-state index contributed by atoms with van der Waals surface area (Å²) in [5.74, 6) is -0.342. The van der Waals surface area contributed by atoms with Crippen molar-refractivity contribution in [3.63, 3.8) is 0 Å². The van der Waals surface area contributed by atoms with Gasteiger partial charge in [0.15, 0.2) is 11.9 Å². The molecule has 1 atom stereocenters. The third kappa shape index (κ3) is 6.47. The number of ether oxygens (including phenoxy) is 1. The van der Waals surface area contributed by atoms with Gasteiger partial charge in [-0.2, -0.15) is 15.0 Å². The maximum Gasteiger partial charge on any atom is 0.333 e. The Morgan fingerprint density at radius 2 is 1.40 bits per heavy atom. The molecule has 2 rings (SSSR count). The van der Waals surface area contributed by atoms with Crippen LogP contribution in [0.1, 0.15) is 25.8 Å². The topological polar surface area (TPSA) is 216 Å². The lowest BCUT2D eigenvalue weighted by Crippen LogP contribution is -2.34. The average molecular weight is 352 g/mol. The first-order chi connectivity index (χ1) is 11.6. The van der Waals surface area contributed by atoms with Crippen molar-refractivity contribution in [2.45, 2.75) is 20.0 Å². The first kappa shape index (κ1) is 19.3. The van der Waals surface area contributed by atoms with E-state index in [0.717, 1.165) is 0 Å². The van der Waals surface area contributed by atoms with Crippen molar-refractivity contribution in [1.29, 1.82) is 0 Å². The van der Waals surface area contributed by atoms with Gasteiger partial charge in [-0.3, -0.25) is 15.0 Å². The Kier molecular flexibility index (Phi) is 6.31. The van der Waals surface area contributed by atoms with E-state index >= 15 is 0 Å². The number of carbonyl (C=O) groups is 1. The molecule has 0 aliphatic heterocycles. The standard InChI is InChI=1S/C9H13N5O2.C3H3N3O3/c1-4(2)7(15)16-5(3)6-12-8(10)14-9(11)13-6;7-1-4-2(8)6-3(9)5-1/h5H,1H2,2-3H3,(H4,10,11,12,13,14);(H3,4,5,6,7,8,9). The van der Waals surface area contributed by atoms with Gasteiger partial charge in [-0.25, -0.2) is 19.2 Å². The Labute approximate surface area is 139 Å². The molecule has 2 aromatic heterocycles. The predicted octanol–water partition coefficient (Wildman–Crippen LogP) is -2.03. The van der Waals surface area contributed by atoms with Crippen LogP contribution < -0.4 is 28.5 Å². The third-order valence-corrected chi connectivity index (χ3v) is 2.36. The van der Waals surface area contributed by atoms with Gasteiger partial charge in [-0.1, -0.05) is 6.58 Å². The molecule has 0 aliphatic rings. The molecule has 134 valence electrons. The van der Waals surface area contributed by atoms with Crippen LogP contribution in [0.15, 0.2) is 26.5 Å². The maximum atomic E-state index is 11.2. The van der Waals surface area contributed by atoms with Crippen LogP contribution in [0, 0.1) is 0 Å². The SMILES string of the molecule is C=C(C)C(=O)OC(C)c1nc(N)nc(N)n1.O=c1[nH]c(=O)[nH]c(=O)[nH]1. The molecule has 7 N–H and O–H groups in total. The van der Waals surface area contributed by atoms with Crippen LogP contribution in [0.5, 0.6) is 0 Å². The van der Waals surface area contributed by atoms with Gasteiger partial charge in [0.1, 0.15) is 0 Å². The van der Waals surface area contributed by atoms with Crippen molar-refractivity contribution in [1.82, 2.24) is 29.9 Å². The van der Waals surface area contributed by atoms with E-state index in [2.05, 4.69) is 21.5 Å². The summed E-state index contributed by atoms with van der Waals surface area (Å²) >= 11 is 0.